The number of thioether (sulfide) groups is 1. The van der Waals surface area contributed by atoms with E-state index in [-0.39, 0.29) is 45.6 Å². The Kier molecular flexibility index (Phi) is 3.76. The molecule has 2 bridgehead atoms. The molecule has 1 aromatic carbocycles. The van der Waals surface area contributed by atoms with Crippen molar-refractivity contribution in [3.8, 4) is 0 Å². The van der Waals surface area contributed by atoms with Crippen molar-refractivity contribution in [1.82, 2.24) is 9.99 Å². The number of hydrogen-bond donors (Lipinski definition) is 1. The van der Waals surface area contributed by atoms with E-state index >= 15 is 0 Å². The average molecular weight is 444 g/mol. The van der Waals surface area contributed by atoms with Gasteiger partial charge < -0.3 is 4.98 Å². The van der Waals surface area contributed by atoms with Gasteiger partial charge in [-0.2, -0.15) is 10.1 Å². The summed E-state index contributed by atoms with van der Waals surface area (Å²) in [5, 5.41) is 6.92. The van der Waals surface area contributed by atoms with E-state index in [9.17, 15) is 14.4 Å². The molecule has 9 heteroatoms. The van der Waals surface area contributed by atoms with Crippen LogP contribution in [0.25, 0.3) is 6.08 Å². The minimum Gasteiger partial charge on any atom is -0.307 e. The van der Waals surface area contributed by atoms with Gasteiger partial charge in [0.1, 0.15) is 0 Å². The van der Waals surface area contributed by atoms with Gasteiger partial charge in [0, 0.05) is 10.3 Å². The number of hydrogen-bond acceptors (Lipinski definition) is 6. The molecule has 1 N–H and O–H groups in total. The molecule has 6 nitrogen and oxygen atoms in total. The van der Waals surface area contributed by atoms with Crippen molar-refractivity contribution < 1.29 is 9.59 Å². The van der Waals surface area contributed by atoms with E-state index in [1.54, 1.807) is 36.0 Å². The third-order valence-corrected chi connectivity index (χ3v) is 8.96. The van der Waals surface area contributed by atoms with Crippen LogP contribution < -0.4 is 4.87 Å². The average Bonchev–Trinajstić information content (AvgIpc) is 3.41. The third-order valence-electron chi connectivity index (χ3n) is 6.32. The fourth-order valence-corrected chi connectivity index (χ4v) is 7.75. The first kappa shape index (κ1) is 17.7. The van der Waals surface area contributed by atoms with Crippen molar-refractivity contribution in [3.05, 3.63) is 55.0 Å². The Labute approximate surface area is 178 Å². The van der Waals surface area contributed by atoms with Gasteiger partial charge in [-0.05, 0) is 42.0 Å². The molecule has 0 unspecified atom stereocenters. The number of rotatable bonds is 2. The molecular weight excluding hydrogens is 430 g/mol. The summed E-state index contributed by atoms with van der Waals surface area (Å²) in [6, 6.07) is 7.05. The number of amides is 2. The van der Waals surface area contributed by atoms with E-state index in [1.807, 2.05) is 0 Å². The van der Waals surface area contributed by atoms with Gasteiger partial charge in [-0.15, -0.1) is 0 Å². The molecule has 2 aliphatic carbocycles. The second-order valence-electron chi connectivity index (χ2n) is 7.73. The van der Waals surface area contributed by atoms with Crippen LogP contribution in [0.15, 0.2) is 44.8 Å². The predicted molar refractivity (Wildman–Crippen MR) is 112 cm³/mol. The van der Waals surface area contributed by atoms with Gasteiger partial charge in [-0.1, -0.05) is 52.4 Å². The number of nitrogens with zero attached hydrogens (tertiary/aromatic N) is 2. The van der Waals surface area contributed by atoms with Crippen molar-refractivity contribution >= 4 is 58.8 Å². The van der Waals surface area contributed by atoms with Crippen molar-refractivity contribution in [3.63, 3.8) is 0 Å². The Balaban J connectivity index is 1.32. The zero-order valence-corrected chi connectivity index (χ0v) is 17.3. The molecule has 5 atom stereocenters. The molecule has 4 aliphatic rings. The molecule has 1 saturated heterocycles. The van der Waals surface area contributed by atoms with Gasteiger partial charge in [-0.25, -0.2) is 0 Å². The number of carbonyl (C=O) groups is 2. The van der Waals surface area contributed by atoms with Crippen LogP contribution in [0.4, 0.5) is 0 Å². The number of imide groups is 1. The summed E-state index contributed by atoms with van der Waals surface area (Å²) >= 11 is 8.72. The van der Waals surface area contributed by atoms with Gasteiger partial charge in [0.2, 0.25) is 0 Å². The predicted octanol–water partition coefficient (Wildman–Crippen LogP) is 3.23. The molecule has 3 fully saturated rings. The number of H-pyrrole nitrogens is 1. The molecular formula is C20H14ClN3O3S2. The lowest BCUT2D eigenvalue weighted by molar-refractivity contribution is -0.140. The van der Waals surface area contributed by atoms with Crippen LogP contribution in [0.1, 0.15) is 16.9 Å². The molecule has 6 rings (SSSR count). The van der Waals surface area contributed by atoms with Crippen LogP contribution >= 0.6 is 34.7 Å². The number of benzene rings is 1. The number of carbonyl (C=O) groups excluding carboxylic acids is 2. The van der Waals surface area contributed by atoms with Crippen molar-refractivity contribution in [2.75, 3.05) is 0 Å². The summed E-state index contributed by atoms with van der Waals surface area (Å²) in [4.78, 5) is 41.6. The smallest absolute Gasteiger partial charge is 0.305 e. The second kappa shape index (κ2) is 6.17. The molecule has 29 heavy (non-hydrogen) atoms. The number of aromatic amines is 1. The van der Waals surface area contributed by atoms with Crippen molar-refractivity contribution in [1.29, 1.82) is 0 Å². The fourth-order valence-electron chi connectivity index (χ4n) is 5.19. The van der Waals surface area contributed by atoms with Crippen LogP contribution in [0, 0.1) is 23.7 Å². The van der Waals surface area contributed by atoms with E-state index in [0.29, 0.717) is 5.02 Å². The summed E-state index contributed by atoms with van der Waals surface area (Å²) < 4.78 is 0. The Hall–Kier alpha value is -2.16. The second-order valence-corrected chi connectivity index (χ2v) is 10.3. The molecule has 2 amide bonds. The Bertz CT molecular complexity index is 1180. The molecule has 3 heterocycles. The van der Waals surface area contributed by atoms with Crippen LogP contribution in [-0.4, -0.2) is 33.3 Å². The lowest BCUT2D eigenvalue weighted by Gasteiger charge is -2.32. The number of aromatic nitrogens is 1. The highest BCUT2D eigenvalue weighted by Gasteiger charge is 2.66. The van der Waals surface area contributed by atoms with Gasteiger partial charge in [0.25, 0.3) is 11.8 Å². The Morgan fingerprint density at radius 2 is 1.90 bits per heavy atom. The molecule has 0 radical (unpaired) electrons. The van der Waals surface area contributed by atoms with Gasteiger partial charge >= 0.3 is 4.87 Å². The summed E-state index contributed by atoms with van der Waals surface area (Å²) in [5.74, 6) is -0.922. The highest BCUT2D eigenvalue weighted by molar-refractivity contribution is 8.00. The summed E-state index contributed by atoms with van der Waals surface area (Å²) in [5.41, 5.74) is 1.98. The molecule has 146 valence electrons. The standard InChI is InChI=1S/C20H14ClN3O3S2/c21-9-3-1-8(2-4-9)7-22-24-18(25)14-10-5-12(15(14)19(24)26)16-11(10)6-13-17(29-16)23-20(27)28-13/h1-4,6-7,10,12,14-16H,5H2,(H,23,27)/b22-7-/t10-,12+,14+,15+,16-/m0/s1. The van der Waals surface area contributed by atoms with E-state index in [0.717, 1.165) is 26.9 Å². The summed E-state index contributed by atoms with van der Waals surface area (Å²) in [7, 11) is 0. The van der Waals surface area contributed by atoms with Crippen LogP contribution in [0.3, 0.4) is 0 Å². The minimum atomic E-state index is -0.338. The van der Waals surface area contributed by atoms with Crippen LogP contribution in [0.2, 0.25) is 5.02 Å². The molecule has 2 saturated carbocycles. The SMILES string of the molecule is O=C1[C@@H]2[C@H]3C[C@@H](C4=Cc5sc(=O)[nH]c5S[C@@H]43)[C@H]2C(=O)N1/N=C\c1ccc(Cl)cc1. The lowest BCUT2D eigenvalue weighted by Crippen LogP contribution is -2.34. The molecule has 0 spiro atoms. The number of fused-ring (bicyclic) bond motifs is 9. The first-order chi connectivity index (χ1) is 14.0. The number of thiazole rings is 1. The van der Waals surface area contributed by atoms with Crippen LogP contribution in [-0.2, 0) is 9.59 Å². The third kappa shape index (κ3) is 2.49. The highest BCUT2D eigenvalue weighted by Crippen LogP contribution is 2.64. The maximum Gasteiger partial charge on any atom is 0.305 e. The van der Waals surface area contributed by atoms with Gasteiger partial charge in [-0.3, -0.25) is 14.4 Å². The Morgan fingerprint density at radius 1 is 1.14 bits per heavy atom. The van der Waals surface area contributed by atoms with E-state index < -0.39 is 0 Å². The number of nitrogens with one attached hydrogen (secondary N) is 1. The topological polar surface area (TPSA) is 82.6 Å². The number of halogens is 1. The summed E-state index contributed by atoms with van der Waals surface area (Å²) in [6.45, 7) is 0. The molecule has 2 aromatic rings. The first-order valence-electron chi connectivity index (χ1n) is 9.30. The first-order valence-corrected chi connectivity index (χ1v) is 11.4. The maximum absolute atomic E-state index is 13.1. The Morgan fingerprint density at radius 3 is 2.69 bits per heavy atom. The normalized spacial score (nSPS) is 32.0. The quantitative estimate of drug-likeness (QED) is 0.570. The zero-order chi connectivity index (χ0) is 19.9. The van der Waals surface area contributed by atoms with E-state index in [1.165, 1.54) is 23.1 Å². The molecule has 1 aromatic heterocycles. The fraction of sp³-hybridized carbons (Fsp3) is 0.300. The van der Waals surface area contributed by atoms with Crippen molar-refractivity contribution in [2.45, 2.75) is 16.7 Å². The largest absolute Gasteiger partial charge is 0.307 e. The lowest BCUT2D eigenvalue weighted by atomic mass is 9.77. The molecule has 2 aliphatic heterocycles. The van der Waals surface area contributed by atoms with Crippen molar-refractivity contribution in [2.24, 2.45) is 28.8 Å². The summed E-state index contributed by atoms with van der Waals surface area (Å²) in [6.07, 6.45) is 4.44. The van der Waals surface area contributed by atoms with E-state index in [4.69, 9.17) is 11.6 Å². The van der Waals surface area contributed by atoms with Crippen LogP contribution in [0.5, 0.6) is 0 Å². The minimum absolute atomic E-state index is 0.0556. The van der Waals surface area contributed by atoms with E-state index in [2.05, 4.69) is 16.2 Å². The maximum atomic E-state index is 13.1. The highest BCUT2D eigenvalue weighted by atomic mass is 35.5. The van der Waals surface area contributed by atoms with Gasteiger partial charge in [0.05, 0.1) is 28.0 Å². The zero-order valence-electron chi connectivity index (χ0n) is 14.9. The number of hydrazone groups is 1. The monoisotopic (exact) mass is 443 g/mol. The van der Waals surface area contributed by atoms with Gasteiger partial charge in [0.15, 0.2) is 0 Å².